The van der Waals surface area contributed by atoms with E-state index in [9.17, 15) is 9.59 Å². The zero-order valence-corrected chi connectivity index (χ0v) is 30.3. The molecule has 2 rings (SSSR count). The number of unbranched alkanes of at least 4 members (excludes halogenated alkanes) is 14. The van der Waals surface area contributed by atoms with Crippen LogP contribution in [-0.4, -0.2) is 76.3 Å². The molecule has 2 aromatic carbocycles. The van der Waals surface area contributed by atoms with Crippen LogP contribution in [0.5, 0.6) is 11.5 Å². The van der Waals surface area contributed by atoms with Crippen molar-refractivity contribution in [3.8, 4) is 22.6 Å². The number of carbonyl (C=O) groups excluding carboxylic acids is 2. The molecule has 0 bridgehead atoms. The van der Waals surface area contributed by atoms with Gasteiger partial charge >= 0.3 is 11.9 Å². The van der Waals surface area contributed by atoms with E-state index < -0.39 is 0 Å². The van der Waals surface area contributed by atoms with Gasteiger partial charge < -0.3 is 18.4 Å². The quantitative estimate of drug-likeness (QED) is 0.0470. The molecule has 6 heteroatoms. The van der Waals surface area contributed by atoms with Crippen LogP contribution in [0.1, 0.15) is 116 Å². The van der Waals surface area contributed by atoms with Crippen molar-refractivity contribution in [2.24, 2.45) is 0 Å². The third-order valence-electron chi connectivity index (χ3n) is 8.43. The third kappa shape index (κ3) is 20.4. The van der Waals surface area contributed by atoms with E-state index in [1.807, 2.05) is 48.5 Å². The fourth-order valence-corrected chi connectivity index (χ4v) is 5.63. The molecule has 0 amide bonds. The van der Waals surface area contributed by atoms with Crippen molar-refractivity contribution in [2.75, 3.05) is 55.4 Å². The average Bonchev–Trinajstić information content (AvgIpc) is 2.99. The predicted octanol–water partition coefficient (Wildman–Crippen LogP) is 9.60. The third-order valence-corrected chi connectivity index (χ3v) is 8.43. The maximum absolute atomic E-state index is 12.3. The zero-order valence-electron chi connectivity index (χ0n) is 30.3. The highest BCUT2D eigenvalue weighted by Gasteiger charge is 2.09. The van der Waals surface area contributed by atoms with Crippen LogP contribution in [-0.2, 0) is 9.59 Å². The molecule has 0 saturated carbocycles. The Kier molecular flexibility index (Phi) is 18.9. The van der Waals surface area contributed by atoms with Crippen LogP contribution < -0.4 is 9.47 Å². The van der Waals surface area contributed by atoms with Gasteiger partial charge in [-0.2, -0.15) is 0 Å². The van der Waals surface area contributed by atoms with Crippen molar-refractivity contribution in [3.05, 3.63) is 48.5 Å². The van der Waals surface area contributed by atoms with Crippen LogP contribution in [0.3, 0.4) is 0 Å². The molecule has 0 heterocycles. The number of rotatable bonds is 25. The zero-order chi connectivity index (χ0) is 33.7. The lowest BCUT2D eigenvalue weighted by atomic mass is 10.1. The fraction of sp³-hybridized carbons (Fsp3) is 0.650. The standard InChI is InChI=1S/C40H66N2O4/c1-41(2,3)33-21-17-13-9-7-11-15-19-23-39(43)45-37-29-25-35(26-30-37)36-27-31-38(32-28-36)46-40(44)24-20-16-12-8-10-14-18-22-34-42(4,5)6/h25-32H,7-24,33-34H2,1-6H3/q+2. The van der Waals surface area contributed by atoms with E-state index in [2.05, 4.69) is 42.3 Å². The van der Waals surface area contributed by atoms with Gasteiger partial charge in [0.1, 0.15) is 11.5 Å². The summed E-state index contributed by atoms with van der Waals surface area (Å²) in [5.41, 5.74) is 2.03. The number of ether oxygens (including phenoxy) is 2. The highest BCUT2D eigenvalue weighted by atomic mass is 16.5. The second kappa shape index (κ2) is 22.0. The fourth-order valence-electron chi connectivity index (χ4n) is 5.63. The Morgan fingerprint density at radius 3 is 0.957 bits per heavy atom. The van der Waals surface area contributed by atoms with Crippen molar-refractivity contribution < 1.29 is 28.0 Å². The molecule has 0 aromatic heterocycles. The summed E-state index contributed by atoms with van der Waals surface area (Å²) in [4.78, 5) is 24.6. The average molecular weight is 639 g/mol. The lowest BCUT2D eigenvalue weighted by Gasteiger charge is -2.23. The van der Waals surface area contributed by atoms with E-state index in [-0.39, 0.29) is 11.9 Å². The van der Waals surface area contributed by atoms with Crippen LogP contribution >= 0.6 is 0 Å². The normalized spacial score (nSPS) is 11.9. The van der Waals surface area contributed by atoms with E-state index >= 15 is 0 Å². The molecular formula is C40H66N2O4+2. The van der Waals surface area contributed by atoms with Crippen LogP contribution in [0.2, 0.25) is 0 Å². The molecule has 46 heavy (non-hydrogen) atoms. The lowest BCUT2D eigenvalue weighted by molar-refractivity contribution is -0.870. The van der Waals surface area contributed by atoms with Crippen molar-refractivity contribution in [1.82, 2.24) is 0 Å². The highest BCUT2D eigenvalue weighted by molar-refractivity contribution is 5.74. The molecule has 0 radical (unpaired) electrons. The first-order chi connectivity index (χ1) is 21.9. The summed E-state index contributed by atoms with van der Waals surface area (Å²) in [6.45, 7) is 2.49. The summed E-state index contributed by atoms with van der Waals surface area (Å²) >= 11 is 0. The van der Waals surface area contributed by atoms with E-state index in [1.54, 1.807) is 0 Å². The van der Waals surface area contributed by atoms with Crippen LogP contribution in [0.15, 0.2) is 48.5 Å². The minimum absolute atomic E-state index is 0.166. The number of hydrogen-bond acceptors (Lipinski definition) is 4. The van der Waals surface area contributed by atoms with E-state index in [0.29, 0.717) is 24.3 Å². The van der Waals surface area contributed by atoms with Crippen LogP contribution in [0, 0.1) is 0 Å². The van der Waals surface area contributed by atoms with Gasteiger partial charge in [0.05, 0.1) is 55.4 Å². The molecule has 0 N–H and O–H groups in total. The maximum atomic E-state index is 12.3. The summed E-state index contributed by atoms with van der Waals surface area (Å²) in [5, 5.41) is 0. The number of nitrogens with zero attached hydrogens (tertiary/aromatic N) is 2. The van der Waals surface area contributed by atoms with Gasteiger partial charge in [-0.05, 0) is 73.9 Å². The maximum Gasteiger partial charge on any atom is 0.311 e. The molecule has 0 aliphatic heterocycles. The molecule has 0 unspecified atom stereocenters. The molecule has 2 aromatic rings. The van der Waals surface area contributed by atoms with E-state index in [1.165, 1.54) is 90.1 Å². The number of carbonyl (C=O) groups is 2. The van der Waals surface area contributed by atoms with Gasteiger partial charge in [0.15, 0.2) is 0 Å². The highest BCUT2D eigenvalue weighted by Crippen LogP contribution is 2.25. The van der Waals surface area contributed by atoms with E-state index in [4.69, 9.17) is 9.47 Å². The van der Waals surface area contributed by atoms with Crippen molar-refractivity contribution in [3.63, 3.8) is 0 Å². The van der Waals surface area contributed by atoms with Gasteiger partial charge in [0, 0.05) is 12.8 Å². The van der Waals surface area contributed by atoms with Gasteiger partial charge in [-0.15, -0.1) is 0 Å². The lowest BCUT2D eigenvalue weighted by Crippen LogP contribution is -2.35. The Morgan fingerprint density at radius 2 is 0.674 bits per heavy atom. The Hall–Kier alpha value is -2.70. The molecule has 0 aliphatic rings. The van der Waals surface area contributed by atoms with Crippen LogP contribution in [0.25, 0.3) is 11.1 Å². The molecule has 258 valence electrons. The largest absolute Gasteiger partial charge is 0.427 e. The summed E-state index contributed by atoms with van der Waals surface area (Å²) < 4.78 is 13.2. The van der Waals surface area contributed by atoms with Gasteiger partial charge in [0.2, 0.25) is 0 Å². The first-order valence-electron chi connectivity index (χ1n) is 18.1. The number of esters is 2. The van der Waals surface area contributed by atoms with Gasteiger partial charge in [-0.1, -0.05) is 88.5 Å². The minimum atomic E-state index is -0.166. The van der Waals surface area contributed by atoms with Crippen LogP contribution in [0.4, 0.5) is 0 Å². The smallest absolute Gasteiger partial charge is 0.311 e. The molecule has 0 aliphatic carbocycles. The van der Waals surface area contributed by atoms with Crippen molar-refractivity contribution in [2.45, 2.75) is 116 Å². The van der Waals surface area contributed by atoms with Gasteiger partial charge in [-0.3, -0.25) is 9.59 Å². The monoisotopic (exact) mass is 639 g/mol. The molecule has 0 fully saturated rings. The van der Waals surface area contributed by atoms with Crippen molar-refractivity contribution >= 4 is 11.9 Å². The second-order valence-electron chi connectivity index (χ2n) is 15.2. The minimum Gasteiger partial charge on any atom is -0.427 e. The molecule has 0 saturated heterocycles. The molecule has 0 atom stereocenters. The second-order valence-corrected chi connectivity index (χ2v) is 15.2. The first kappa shape index (κ1) is 39.5. The summed E-state index contributed by atoms with van der Waals surface area (Å²) in [5.74, 6) is 0.814. The Labute approximate surface area is 281 Å². The van der Waals surface area contributed by atoms with E-state index in [0.717, 1.165) is 45.8 Å². The Bertz CT molecular complexity index is 1010. The van der Waals surface area contributed by atoms with Gasteiger partial charge in [-0.25, -0.2) is 0 Å². The predicted molar refractivity (Wildman–Crippen MR) is 192 cm³/mol. The number of hydrogen-bond donors (Lipinski definition) is 0. The SMILES string of the molecule is C[N+](C)(C)CCCCCCCCCCC(=O)Oc1ccc(-c2ccc(OC(=O)CCCCCCCCCC[N+](C)(C)C)cc2)cc1. The molecule has 0 spiro atoms. The molecule has 6 nitrogen and oxygen atoms in total. The summed E-state index contributed by atoms with van der Waals surface area (Å²) in [6, 6.07) is 15.2. The number of quaternary nitrogens is 2. The van der Waals surface area contributed by atoms with Crippen molar-refractivity contribution in [1.29, 1.82) is 0 Å². The Balaban J connectivity index is 1.54. The number of benzene rings is 2. The first-order valence-corrected chi connectivity index (χ1v) is 18.1. The van der Waals surface area contributed by atoms with Gasteiger partial charge in [0.25, 0.3) is 0 Å². The molecular weight excluding hydrogens is 572 g/mol. The summed E-state index contributed by atoms with van der Waals surface area (Å²) in [6.07, 6.45) is 20.2. The summed E-state index contributed by atoms with van der Waals surface area (Å²) in [7, 11) is 13.5. The Morgan fingerprint density at radius 1 is 0.413 bits per heavy atom. The topological polar surface area (TPSA) is 52.6 Å².